The summed E-state index contributed by atoms with van der Waals surface area (Å²) in [5.74, 6) is 0. The lowest BCUT2D eigenvalue weighted by atomic mass is 10.2. The predicted octanol–water partition coefficient (Wildman–Crippen LogP) is 1.61. The predicted molar refractivity (Wildman–Crippen MR) is 51.3 cm³/mol. The first-order valence-electron chi connectivity index (χ1n) is 3.93. The standard InChI is InChI=1S/C10H14N2/c1-4-6-11-10-8-9(2)5-7-12(10)3/h5-8,10-11H,1H2,2-3H3. The largest absolute Gasteiger partial charge is 0.362 e. The van der Waals surface area contributed by atoms with E-state index in [1.165, 1.54) is 5.57 Å². The molecule has 1 atom stereocenters. The van der Waals surface area contributed by atoms with Crippen LogP contribution >= 0.6 is 0 Å². The Bertz CT molecular complexity index is 257. The van der Waals surface area contributed by atoms with Crippen molar-refractivity contribution in [1.29, 1.82) is 0 Å². The van der Waals surface area contributed by atoms with Crippen LogP contribution < -0.4 is 5.32 Å². The highest BCUT2D eigenvalue weighted by Crippen LogP contribution is 2.08. The van der Waals surface area contributed by atoms with Crippen LogP contribution in [0.4, 0.5) is 0 Å². The third-order valence-electron chi connectivity index (χ3n) is 1.79. The van der Waals surface area contributed by atoms with Crippen molar-refractivity contribution < 1.29 is 0 Å². The minimum atomic E-state index is 0.226. The first-order chi connectivity index (χ1) is 5.74. The quantitative estimate of drug-likeness (QED) is 0.620. The fraction of sp³-hybridized carbons (Fsp3) is 0.300. The number of nitrogens with one attached hydrogen (secondary N) is 1. The average Bonchev–Trinajstić information content (AvgIpc) is 2.07. The molecular weight excluding hydrogens is 148 g/mol. The molecule has 1 N–H and O–H groups in total. The Hall–Kier alpha value is -1.40. The summed E-state index contributed by atoms with van der Waals surface area (Å²) in [5, 5.41) is 3.15. The van der Waals surface area contributed by atoms with E-state index in [-0.39, 0.29) is 6.17 Å². The molecule has 0 aromatic heterocycles. The maximum absolute atomic E-state index is 3.49. The normalized spacial score (nSPS) is 21.3. The van der Waals surface area contributed by atoms with Gasteiger partial charge in [0.1, 0.15) is 6.17 Å². The van der Waals surface area contributed by atoms with Crippen molar-refractivity contribution in [1.82, 2.24) is 10.2 Å². The molecule has 0 bridgehead atoms. The van der Waals surface area contributed by atoms with Gasteiger partial charge in [-0.25, -0.2) is 0 Å². The van der Waals surface area contributed by atoms with Crippen LogP contribution in [-0.2, 0) is 0 Å². The Labute approximate surface area is 73.6 Å². The van der Waals surface area contributed by atoms with Gasteiger partial charge < -0.3 is 10.2 Å². The highest BCUT2D eigenvalue weighted by molar-refractivity contribution is 5.22. The lowest BCUT2D eigenvalue weighted by Crippen LogP contribution is -2.37. The van der Waals surface area contributed by atoms with Crippen molar-refractivity contribution in [2.45, 2.75) is 13.1 Å². The summed E-state index contributed by atoms with van der Waals surface area (Å²) < 4.78 is 0. The van der Waals surface area contributed by atoms with E-state index in [9.17, 15) is 0 Å². The fourth-order valence-corrected chi connectivity index (χ4v) is 1.06. The molecule has 0 saturated carbocycles. The van der Waals surface area contributed by atoms with Crippen LogP contribution in [0.5, 0.6) is 0 Å². The molecule has 2 nitrogen and oxygen atoms in total. The molecule has 12 heavy (non-hydrogen) atoms. The SMILES string of the molecule is C=C=CNC1C=C(C)C=CN1C. The number of hydrogen-bond donors (Lipinski definition) is 1. The van der Waals surface area contributed by atoms with Crippen LogP contribution in [0.3, 0.4) is 0 Å². The second-order valence-electron chi connectivity index (χ2n) is 2.85. The molecule has 1 aliphatic rings. The molecule has 64 valence electrons. The summed E-state index contributed by atoms with van der Waals surface area (Å²) >= 11 is 0. The highest BCUT2D eigenvalue weighted by Gasteiger charge is 2.08. The van der Waals surface area contributed by atoms with Gasteiger partial charge in [0.05, 0.1) is 0 Å². The Morgan fingerprint density at radius 3 is 3.17 bits per heavy atom. The van der Waals surface area contributed by atoms with Gasteiger partial charge in [-0.3, -0.25) is 0 Å². The summed E-state index contributed by atoms with van der Waals surface area (Å²) in [6.07, 6.45) is 8.22. The van der Waals surface area contributed by atoms with Crippen molar-refractivity contribution in [2.24, 2.45) is 0 Å². The van der Waals surface area contributed by atoms with E-state index in [4.69, 9.17) is 0 Å². The first kappa shape index (κ1) is 8.69. The molecule has 1 heterocycles. The maximum Gasteiger partial charge on any atom is 0.118 e. The topological polar surface area (TPSA) is 15.3 Å². The van der Waals surface area contributed by atoms with E-state index in [1.54, 1.807) is 6.20 Å². The van der Waals surface area contributed by atoms with Crippen molar-refractivity contribution >= 4 is 0 Å². The molecule has 0 aromatic carbocycles. The van der Waals surface area contributed by atoms with E-state index in [1.807, 2.05) is 13.2 Å². The average molecular weight is 162 g/mol. The van der Waals surface area contributed by atoms with Crippen molar-refractivity contribution in [3.63, 3.8) is 0 Å². The van der Waals surface area contributed by atoms with E-state index in [0.717, 1.165) is 0 Å². The minimum absolute atomic E-state index is 0.226. The Kier molecular flexibility index (Phi) is 2.78. The smallest absolute Gasteiger partial charge is 0.118 e. The summed E-state index contributed by atoms with van der Waals surface area (Å²) in [4.78, 5) is 2.08. The highest BCUT2D eigenvalue weighted by atomic mass is 15.2. The number of rotatable bonds is 2. The molecular formula is C10H14N2. The Morgan fingerprint density at radius 1 is 1.75 bits per heavy atom. The van der Waals surface area contributed by atoms with Crippen molar-refractivity contribution in [3.8, 4) is 0 Å². The van der Waals surface area contributed by atoms with Gasteiger partial charge in [0.2, 0.25) is 0 Å². The molecule has 1 unspecified atom stereocenters. The number of allylic oxidation sites excluding steroid dienone is 2. The minimum Gasteiger partial charge on any atom is -0.362 e. The number of nitrogens with zero attached hydrogens (tertiary/aromatic N) is 1. The van der Waals surface area contributed by atoms with Gasteiger partial charge in [-0.15, -0.1) is 5.73 Å². The molecule has 0 amide bonds. The second kappa shape index (κ2) is 3.84. The van der Waals surface area contributed by atoms with Crippen molar-refractivity contribution in [3.05, 3.63) is 42.4 Å². The third-order valence-corrected chi connectivity index (χ3v) is 1.79. The number of hydrogen-bond acceptors (Lipinski definition) is 2. The summed E-state index contributed by atoms with van der Waals surface area (Å²) in [6, 6.07) is 0. The summed E-state index contributed by atoms with van der Waals surface area (Å²) in [7, 11) is 2.02. The molecule has 0 aliphatic carbocycles. The van der Waals surface area contributed by atoms with Crippen LogP contribution in [-0.4, -0.2) is 18.1 Å². The van der Waals surface area contributed by atoms with E-state index >= 15 is 0 Å². The van der Waals surface area contributed by atoms with Gasteiger partial charge in [-0.1, -0.05) is 6.58 Å². The van der Waals surface area contributed by atoms with E-state index < -0.39 is 0 Å². The molecule has 2 heteroatoms. The molecule has 1 rings (SSSR count). The van der Waals surface area contributed by atoms with Gasteiger partial charge >= 0.3 is 0 Å². The van der Waals surface area contributed by atoms with Crippen LogP contribution in [0.25, 0.3) is 0 Å². The Morgan fingerprint density at radius 2 is 2.50 bits per heavy atom. The van der Waals surface area contributed by atoms with Crippen LogP contribution in [0.15, 0.2) is 42.4 Å². The lowest BCUT2D eigenvalue weighted by Gasteiger charge is -2.27. The Balaban J connectivity index is 2.64. The molecule has 0 fully saturated rings. The second-order valence-corrected chi connectivity index (χ2v) is 2.85. The lowest BCUT2D eigenvalue weighted by molar-refractivity contribution is 0.350. The zero-order valence-electron chi connectivity index (χ0n) is 7.54. The van der Waals surface area contributed by atoms with Crippen LogP contribution in [0.1, 0.15) is 6.92 Å². The zero-order chi connectivity index (χ0) is 8.97. The summed E-state index contributed by atoms with van der Waals surface area (Å²) in [6.45, 7) is 5.57. The van der Waals surface area contributed by atoms with Crippen LogP contribution in [0, 0.1) is 0 Å². The maximum atomic E-state index is 3.49. The third kappa shape index (κ3) is 2.04. The van der Waals surface area contributed by atoms with Crippen LogP contribution in [0.2, 0.25) is 0 Å². The summed E-state index contributed by atoms with van der Waals surface area (Å²) in [5.41, 5.74) is 3.95. The van der Waals surface area contributed by atoms with Gasteiger partial charge in [-0.2, -0.15) is 0 Å². The number of likely N-dealkylation sites (N-methyl/N-ethyl adjacent to an activating group) is 1. The molecule has 0 spiro atoms. The molecule has 0 radical (unpaired) electrons. The van der Waals surface area contributed by atoms with Gasteiger partial charge in [0, 0.05) is 19.4 Å². The van der Waals surface area contributed by atoms with E-state index in [2.05, 4.69) is 41.6 Å². The monoisotopic (exact) mass is 162 g/mol. The van der Waals surface area contributed by atoms with Gasteiger partial charge in [-0.05, 0) is 24.6 Å². The molecule has 1 aliphatic heterocycles. The molecule has 0 aromatic rings. The van der Waals surface area contributed by atoms with Gasteiger partial charge in [0.15, 0.2) is 0 Å². The molecule has 0 saturated heterocycles. The fourth-order valence-electron chi connectivity index (χ4n) is 1.06. The van der Waals surface area contributed by atoms with Gasteiger partial charge in [0.25, 0.3) is 0 Å². The van der Waals surface area contributed by atoms with E-state index in [0.29, 0.717) is 0 Å². The zero-order valence-corrected chi connectivity index (χ0v) is 7.54. The van der Waals surface area contributed by atoms with Crippen molar-refractivity contribution in [2.75, 3.05) is 7.05 Å². The first-order valence-corrected chi connectivity index (χ1v) is 3.93.